The van der Waals surface area contributed by atoms with Gasteiger partial charge < -0.3 is 11.1 Å². The second-order valence-corrected chi connectivity index (χ2v) is 2.23. The molecule has 0 fully saturated rings. The lowest BCUT2D eigenvalue weighted by Gasteiger charge is -2.10. The van der Waals surface area contributed by atoms with E-state index in [0.717, 1.165) is 5.57 Å². The van der Waals surface area contributed by atoms with Crippen molar-refractivity contribution in [1.29, 1.82) is 5.41 Å². The van der Waals surface area contributed by atoms with E-state index in [0.29, 0.717) is 12.3 Å². The summed E-state index contributed by atoms with van der Waals surface area (Å²) < 4.78 is 0. The second kappa shape index (κ2) is 4.03. The molecule has 0 aliphatic heterocycles. The maximum absolute atomic E-state index is 7.21. The van der Waals surface area contributed by atoms with Crippen LogP contribution in [0.3, 0.4) is 0 Å². The SMILES string of the molecule is CC(=N)/C(=C\N)CN(C)N. The zero-order valence-corrected chi connectivity index (χ0v) is 6.39. The first-order valence-corrected chi connectivity index (χ1v) is 3.00. The van der Waals surface area contributed by atoms with Crippen LogP contribution in [-0.2, 0) is 0 Å². The van der Waals surface area contributed by atoms with Gasteiger partial charge in [0, 0.05) is 31.1 Å². The highest BCUT2D eigenvalue weighted by molar-refractivity contribution is 5.95. The van der Waals surface area contributed by atoms with Crippen LogP contribution in [0.5, 0.6) is 0 Å². The minimum absolute atomic E-state index is 0.458. The molecule has 58 valence electrons. The molecule has 4 heteroatoms. The predicted octanol–water partition coefficient (Wildman–Crippen LogP) is -0.326. The topological polar surface area (TPSA) is 79.1 Å². The van der Waals surface area contributed by atoms with Gasteiger partial charge in [-0.15, -0.1) is 0 Å². The number of nitrogens with one attached hydrogen (secondary N) is 1. The first kappa shape index (κ1) is 9.13. The molecule has 0 aromatic heterocycles. The first-order valence-electron chi connectivity index (χ1n) is 3.00. The molecule has 0 saturated heterocycles. The maximum atomic E-state index is 7.21. The van der Waals surface area contributed by atoms with Crippen molar-refractivity contribution in [2.75, 3.05) is 13.6 Å². The molecule has 0 aromatic carbocycles. The van der Waals surface area contributed by atoms with Gasteiger partial charge in [0.15, 0.2) is 0 Å². The minimum Gasteiger partial charge on any atom is -0.404 e. The minimum atomic E-state index is 0.458. The molecule has 0 atom stereocenters. The van der Waals surface area contributed by atoms with Crippen molar-refractivity contribution < 1.29 is 0 Å². The molecule has 5 N–H and O–H groups in total. The Balaban J connectivity index is 3.99. The van der Waals surface area contributed by atoms with Crippen LogP contribution < -0.4 is 11.6 Å². The van der Waals surface area contributed by atoms with Gasteiger partial charge in [0.1, 0.15) is 0 Å². The van der Waals surface area contributed by atoms with Gasteiger partial charge >= 0.3 is 0 Å². The number of likely N-dealkylation sites (N-methyl/N-ethyl adjacent to an activating group) is 1. The van der Waals surface area contributed by atoms with E-state index in [2.05, 4.69) is 0 Å². The van der Waals surface area contributed by atoms with E-state index in [-0.39, 0.29) is 0 Å². The van der Waals surface area contributed by atoms with Crippen LogP contribution in [0.2, 0.25) is 0 Å². The van der Waals surface area contributed by atoms with Crippen molar-refractivity contribution in [3.05, 3.63) is 11.8 Å². The maximum Gasteiger partial charge on any atom is 0.0408 e. The van der Waals surface area contributed by atoms with Crippen LogP contribution in [0.15, 0.2) is 11.8 Å². The summed E-state index contributed by atoms with van der Waals surface area (Å²) in [7, 11) is 1.73. The quantitative estimate of drug-likeness (QED) is 0.287. The molecule has 0 bridgehead atoms. The van der Waals surface area contributed by atoms with Crippen LogP contribution in [0, 0.1) is 5.41 Å². The summed E-state index contributed by atoms with van der Waals surface area (Å²) in [6.07, 6.45) is 1.41. The molecule has 0 unspecified atom stereocenters. The van der Waals surface area contributed by atoms with Gasteiger partial charge in [0.25, 0.3) is 0 Å². The Labute approximate surface area is 61.0 Å². The lowest BCUT2D eigenvalue weighted by atomic mass is 10.2. The lowest BCUT2D eigenvalue weighted by molar-refractivity contribution is 0.384. The molecule has 0 aliphatic rings. The summed E-state index contributed by atoms with van der Waals surface area (Å²) in [5, 5.41) is 8.70. The molecule has 0 radical (unpaired) electrons. The highest BCUT2D eigenvalue weighted by Gasteiger charge is 1.99. The van der Waals surface area contributed by atoms with Crippen LogP contribution in [0.4, 0.5) is 0 Å². The molecule has 0 spiro atoms. The van der Waals surface area contributed by atoms with Crippen LogP contribution in [0.1, 0.15) is 6.92 Å². The molecule has 0 rings (SSSR count). The summed E-state index contributed by atoms with van der Waals surface area (Å²) in [4.78, 5) is 0. The first-order chi connectivity index (χ1) is 4.57. The lowest BCUT2D eigenvalue weighted by Crippen LogP contribution is -2.29. The Kier molecular flexibility index (Phi) is 3.68. The van der Waals surface area contributed by atoms with Crippen molar-refractivity contribution in [2.45, 2.75) is 6.92 Å². The average molecular weight is 142 g/mol. The van der Waals surface area contributed by atoms with Gasteiger partial charge in [-0.1, -0.05) is 0 Å². The monoisotopic (exact) mass is 142 g/mol. The predicted molar refractivity (Wildman–Crippen MR) is 42.5 cm³/mol. The van der Waals surface area contributed by atoms with E-state index < -0.39 is 0 Å². The molecule has 0 aromatic rings. The molecule has 0 amide bonds. The zero-order valence-electron chi connectivity index (χ0n) is 6.39. The number of hydrazine groups is 1. The van der Waals surface area contributed by atoms with Gasteiger partial charge in [-0.3, -0.25) is 5.84 Å². The van der Waals surface area contributed by atoms with Crippen molar-refractivity contribution in [1.82, 2.24) is 5.01 Å². The van der Waals surface area contributed by atoms with E-state index in [1.54, 1.807) is 14.0 Å². The second-order valence-electron chi connectivity index (χ2n) is 2.23. The molecule has 4 nitrogen and oxygen atoms in total. The number of nitrogens with two attached hydrogens (primary N) is 2. The Bertz CT molecular complexity index is 148. The Morgan fingerprint density at radius 3 is 2.30 bits per heavy atom. The fourth-order valence-corrected chi connectivity index (χ4v) is 0.565. The molecule has 0 saturated carbocycles. The van der Waals surface area contributed by atoms with Crippen molar-refractivity contribution in [2.24, 2.45) is 11.6 Å². The Hall–Kier alpha value is -0.870. The van der Waals surface area contributed by atoms with E-state index in [1.807, 2.05) is 0 Å². The number of nitrogens with zero attached hydrogens (tertiary/aromatic N) is 1. The summed E-state index contributed by atoms with van der Waals surface area (Å²) in [6.45, 7) is 2.20. The zero-order chi connectivity index (χ0) is 8.15. The Morgan fingerprint density at radius 2 is 2.20 bits per heavy atom. The number of hydrogen-bond acceptors (Lipinski definition) is 4. The summed E-state index contributed by atoms with van der Waals surface area (Å²) in [6, 6.07) is 0. The van der Waals surface area contributed by atoms with Gasteiger partial charge in [-0.05, 0) is 6.92 Å². The third-order valence-electron chi connectivity index (χ3n) is 1.10. The third kappa shape index (κ3) is 3.21. The highest BCUT2D eigenvalue weighted by atomic mass is 15.4. The summed E-state index contributed by atoms with van der Waals surface area (Å²) in [5.41, 5.74) is 6.45. The molecular formula is C6H14N4. The van der Waals surface area contributed by atoms with Gasteiger partial charge in [-0.25, -0.2) is 5.01 Å². The van der Waals surface area contributed by atoms with Crippen LogP contribution >= 0.6 is 0 Å². The number of rotatable bonds is 3. The summed E-state index contributed by atoms with van der Waals surface area (Å²) >= 11 is 0. The normalized spacial score (nSPS) is 12.2. The van der Waals surface area contributed by atoms with Gasteiger partial charge in [0.05, 0.1) is 0 Å². The fraction of sp³-hybridized carbons (Fsp3) is 0.500. The van der Waals surface area contributed by atoms with E-state index >= 15 is 0 Å². The fourth-order valence-electron chi connectivity index (χ4n) is 0.565. The molecule has 0 heterocycles. The van der Waals surface area contributed by atoms with Gasteiger partial charge in [0.2, 0.25) is 0 Å². The molecular weight excluding hydrogens is 128 g/mol. The summed E-state index contributed by atoms with van der Waals surface area (Å²) in [5.74, 6) is 5.35. The average Bonchev–Trinajstić information content (AvgIpc) is 1.81. The third-order valence-corrected chi connectivity index (χ3v) is 1.10. The highest BCUT2D eigenvalue weighted by Crippen LogP contribution is 1.93. The van der Waals surface area contributed by atoms with Crippen LogP contribution in [-0.4, -0.2) is 24.3 Å². The standard InChI is InChI=1S/C6H14N4/c1-5(8)6(3-7)4-10(2)9/h3,8H,4,7,9H2,1-2H3/b6-3-,8-5?. The number of hydrogen-bond donors (Lipinski definition) is 3. The largest absolute Gasteiger partial charge is 0.404 e. The van der Waals surface area contributed by atoms with Gasteiger partial charge in [-0.2, -0.15) is 0 Å². The van der Waals surface area contributed by atoms with Crippen molar-refractivity contribution >= 4 is 5.71 Å². The van der Waals surface area contributed by atoms with E-state index in [1.165, 1.54) is 11.2 Å². The van der Waals surface area contributed by atoms with Crippen LogP contribution in [0.25, 0.3) is 0 Å². The Morgan fingerprint density at radius 1 is 1.70 bits per heavy atom. The smallest absolute Gasteiger partial charge is 0.0408 e. The molecule has 0 aliphatic carbocycles. The van der Waals surface area contributed by atoms with E-state index in [4.69, 9.17) is 17.0 Å². The van der Waals surface area contributed by atoms with Crippen molar-refractivity contribution in [3.8, 4) is 0 Å². The van der Waals surface area contributed by atoms with E-state index in [9.17, 15) is 0 Å². The van der Waals surface area contributed by atoms with Crippen molar-refractivity contribution in [3.63, 3.8) is 0 Å². The molecule has 10 heavy (non-hydrogen) atoms.